The molecule has 0 atom stereocenters. The van der Waals surface area contributed by atoms with Crippen LogP contribution in [0.3, 0.4) is 0 Å². The van der Waals surface area contributed by atoms with Gasteiger partial charge in [-0.1, -0.05) is 30.3 Å². The SMILES string of the molecule is NC(=O)Nc1ccc(CNC(=O)CCc2c[nH]c3ccccc23)cc1. The molecule has 0 saturated heterocycles. The van der Waals surface area contributed by atoms with E-state index >= 15 is 0 Å². The first kappa shape index (κ1) is 16.6. The second kappa shape index (κ2) is 7.53. The molecule has 128 valence electrons. The van der Waals surface area contributed by atoms with Gasteiger partial charge in [-0.15, -0.1) is 0 Å². The first-order chi connectivity index (χ1) is 12.1. The van der Waals surface area contributed by atoms with Crippen LogP contribution in [0.25, 0.3) is 10.9 Å². The number of benzene rings is 2. The highest BCUT2D eigenvalue weighted by atomic mass is 16.2. The Kier molecular flexibility index (Phi) is 4.99. The number of anilines is 1. The summed E-state index contributed by atoms with van der Waals surface area (Å²) in [7, 11) is 0. The number of fused-ring (bicyclic) bond motifs is 1. The Bertz CT molecular complexity index is 884. The quantitative estimate of drug-likeness (QED) is 0.556. The highest BCUT2D eigenvalue weighted by molar-refractivity contribution is 5.87. The van der Waals surface area contributed by atoms with E-state index in [0.29, 0.717) is 25.1 Å². The molecule has 0 unspecified atom stereocenters. The van der Waals surface area contributed by atoms with Gasteiger partial charge >= 0.3 is 6.03 Å². The number of aromatic amines is 1. The Morgan fingerprint density at radius 3 is 2.56 bits per heavy atom. The third-order valence-corrected chi connectivity index (χ3v) is 4.01. The van der Waals surface area contributed by atoms with Crippen molar-refractivity contribution in [2.75, 3.05) is 5.32 Å². The molecule has 1 aromatic heterocycles. The molecule has 5 N–H and O–H groups in total. The molecule has 6 heteroatoms. The molecule has 3 amide bonds. The van der Waals surface area contributed by atoms with Crippen LogP contribution in [-0.4, -0.2) is 16.9 Å². The number of amides is 3. The van der Waals surface area contributed by atoms with Gasteiger partial charge in [0.1, 0.15) is 0 Å². The summed E-state index contributed by atoms with van der Waals surface area (Å²) in [5.74, 6) is 0.00428. The normalized spacial score (nSPS) is 10.6. The number of rotatable bonds is 6. The lowest BCUT2D eigenvalue weighted by atomic mass is 10.1. The maximum absolute atomic E-state index is 12.1. The van der Waals surface area contributed by atoms with Gasteiger partial charge in [0.2, 0.25) is 5.91 Å². The second-order valence-corrected chi connectivity index (χ2v) is 5.82. The van der Waals surface area contributed by atoms with Crippen LogP contribution >= 0.6 is 0 Å². The highest BCUT2D eigenvalue weighted by Crippen LogP contribution is 2.18. The average Bonchev–Trinajstić information content (AvgIpc) is 3.02. The van der Waals surface area contributed by atoms with E-state index in [1.807, 2.05) is 36.5 Å². The lowest BCUT2D eigenvalue weighted by Crippen LogP contribution is -2.23. The molecule has 0 saturated carbocycles. The van der Waals surface area contributed by atoms with Crippen LogP contribution in [0.2, 0.25) is 0 Å². The summed E-state index contributed by atoms with van der Waals surface area (Å²) in [5, 5.41) is 6.56. The van der Waals surface area contributed by atoms with Crippen molar-refractivity contribution >= 4 is 28.5 Å². The number of H-pyrrole nitrogens is 1. The van der Waals surface area contributed by atoms with E-state index < -0.39 is 6.03 Å². The molecule has 0 aliphatic carbocycles. The predicted molar refractivity (Wildman–Crippen MR) is 98.1 cm³/mol. The summed E-state index contributed by atoms with van der Waals surface area (Å²) in [6.45, 7) is 0.448. The van der Waals surface area contributed by atoms with Crippen molar-refractivity contribution in [2.45, 2.75) is 19.4 Å². The van der Waals surface area contributed by atoms with Gasteiger partial charge in [0, 0.05) is 35.8 Å². The third kappa shape index (κ3) is 4.38. The molecule has 0 bridgehead atoms. The van der Waals surface area contributed by atoms with Gasteiger partial charge in [-0.2, -0.15) is 0 Å². The number of nitrogens with two attached hydrogens (primary N) is 1. The van der Waals surface area contributed by atoms with Gasteiger partial charge in [0.15, 0.2) is 0 Å². The molecule has 2 aromatic carbocycles. The van der Waals surface area contributed by atoms with Gasteiger partial charge in [0.05, 0.1) is 0 Å². The summed E-state index contributed by atoms with van der Waals surface area (Å²) < 4.78 is 0. The van der Waals surface area contributed by atoms with E-state index in [1.54, 1.807) is 12.1 Å². The smallest absolute Gasteiger partial charge is 0.316 e. The lowest BCUT2D eigenvalue weighted by molar-refractivity contribution is -0.121. The molecule has 0 radical (unpaired) electrons. The number of aryl methyl sites for hydroxylation is 1. The third-order valence-electron chi connectivity index (χ3n) is 4.01. The van der Waals surface area contributed by atoms with Gasteiger partial charge in [-0.3, -0.25) is 4.79 Å². The lowest BCUT2D eigenvalue weighted by Gasteiger charge is -2.07. The summed E-state index contributed by atoms with van der Waals surface area (Å²) in [6.07, 6.45) is 3.09. The minimum absolute atomic E-state index is 0.00428. The largest absolute Gasteiger partial charge is 0.361 e. The van der Waals surface area contributed by atoms with Crippen molar-refractivity contribution in [3.8, 4) is 0 Å². The Balaban J connectivity index is 1.49. The van der Waals surface area contributed by atoms with Crippen LogP contribution in [0.5, 0.6) is 0 Å². The Morgan fingerprint density at radius 2 is 1.80 bits per heavy atom. The number of hydrogen-bond donors (Lipinski definition) is 4. The summed E-state index contributed by atoms with van der Waals surface area (Å²) in [5.41, 5.74) is 8.87. The molecule has 0 fully saturated rings. The molecule has 6 nitrogen and oxygen atoms in total. The van der Waals surface area contributed by atoms with E-state index in [9.17, 15) is 9.59 Å². The van der Waals surface area contributed by atoms with Crippen LogP contribution in [0, 0.1) is 0 Å². The molecule has 0 spiro atoms. The molecule has 3 aromatic rings. The predicted octanol–water partition coefficient (Wildman–Crippen LogP) is 2.91. The maximum atomic E-state index is 12.1. The van der Waals surface area contributed by atoms with E-state index in [1.165, 1.54) is 0 Å². The standard InChI is InChI=1S/C19H20N4O2/c20-19(25)23-15-8-5-13(6-9-15)11-22-18(24)10-7-14-12-21-17-4-2-1-3-16(14)17/h1-6,8-9,12,21H,7,10-11H2,(H,22,24)(H3,20,23,25). The minimum Gasteiger partial charge on any atom is -0.361 e. The number of nitrogens with one attached hydrogen (secondary N) is 3. The number of carbonyl (C=O) groups excluding carboxylic acids is 2. The molecule has 0 aliphatic heterocycles. The van der Waals surface area contributed by atoms with Crippen molar-refractivity contribution in [3.05, 3.63) is 65.9 Å². The van der Waals surface area contributed by atoms with Crippen molar-refractivity contribution in [1.29, 1.82) is 0 Å². The number of carbonyl (C=O) groups is 2. The van der Waals surface area contributed by atoms with Crippen LogP contribution in [0.15, 0.2) is 54.7 Å². The summed E-state index contributed by atoms with van der Waals surface area (Å²) >= 11 is 0. The van der Waals surface area contributed by atoms with Gasteiger partial charge < -0.3 is 21.4 Å². The fourth-order valence-corrected chi connectivity index (χ4v) is 2.72. The highest BCUT2D eigenvalue weighted by Gasteiger charge is 2.07. The Hall–Kier alpha value is -3.28. The van der Waals surface area contributed by atoms with E-state index in [0.717, 1.165) is 22.0 Å². The zero-order valence-corrected chi connectivity index (χ0v) is 13.7. The van der Waals surface area contributed by atoms with Gasteiger partial charge in [0.25, 0.3) is 0 Å². The topological polar surface area (TPSA) is 100 Å². The second-order valence-electron chi connectivity index (χ2n) is 5.82. The summed E-state index contributed by atoms with van der Waals surface area (Å²) in [4.78, 5) is 26.1. The van der Waals surface area contributed by atoms with Crippen LogP contribution in [-0.2, 0) is 17.8 Å². The van der Waals surface area contributed by atoms with E-state index in [4.69, 9.17) is 5.73 Å². The van der Waals surface area contributed by atoms with Crippen molar-refractivity contribution in [1.82, 2.24) is 10.3 Å². The van der Waals surface area contributed by atoms with E-state index in [2.05, 4.69) is 21.7 Å². The fraction of sp³-hybridized carbons (Fsp3) is 0.158. The van der Waals surface area contributed by atoms with Crippen molar-refractivity contribution < 1.29 is 9.59 Å². The number of hydrogen-bond acceptors (Lipinski definition) is 2. The first-order valence-corrected chi connectivity index (χ1v) is 8.09. The van der Waals surface area contributed by atoms with Crippen LogP contribution in [0.1, 0.15) is 17.5 Å². The monoisotopic (exact) mass is 336 g/mol. The number of para-hydroxylation sites is 1. The minimum atomic E-state index is -0.599. The molecule has 1 heterocycles. The summed E-state index contributed by atoms with van der Waals surface area (Å²) in [6, 6.07) is 14.6. The Morgan fingerprint density at radius 1 is 1.04 bits per heavy atom. The number of aromatic nitrogens is 1. The van der Waals surface area contributed by atoms with Crippen molar-refractivity contribution in [2.24, 2.45) is 5.73 Å². The van der Waals surface area contributed by atoms with Gasteiger partial charge in [-0.25, -0.2) is 4.79 Å². The van der Waals surface area contributed by atoms with Crippen LogP contribution in [0.4, 0.5) is 10.5 Å². The number of urea groups is 1. The van der Waals surface area contributed by atoms with Gasteiger partial charge in [-0.05, 0) is 35.7 Å². The van der Waals surface area contributed by atoms with E-state index in [-0.39, 0.29) is 5.91 Å². The zero-order valence-electron chi connectivity index (χ0n) is 13.7. The number of primary amides is 1. The molecular formula is C19H20N4O2. The molecular weight excluding hydrogens is 316 g/mol. The molecule has 3 rings (SSSR count). The zero-order chi connectivity index (χ0) is 17.6. The average molecular weight is 336 g/mol. The fourth-order valence-electron chi connectivity index (χ4n) is 2.72. The van der Waals surface area contributed by atoms with Crippen LogP contribution < -0.4 is 16.4 Å². The van der Waals surface area contributed by atoms with Crippen molar-refractivity contribution in [3.63, 3.8) is 0 Å². The maximum Gasteiger partial charge on any atom is 0.316 e. The first-order valence-electron chi connectivity index (χ1n) is 8.09. The molecule has 0 aliphatic rings. The molecule has 25 heavy (non-hydrogen) atoms. The Labute approximate surface area is 145 Å².